The molecule has 0 spiro atoms. The van der Waals surface area contributed by atoms with Crippen LogP contribution in [0.5, 0.6) is 0 Å². The van der Waals surface area contributed by atoms with Crippen LogP contribution >= 0.6 is 0 Å². The van der Waals surface area contributed by atoms with Crippen molar-refractivity contribution in [2.45, 2.75) is 24.7 Å². The molecule has 9 heteroatoms. The van der Waals surface area contributed by atoms with Crippen molar-refractivity contribution >= 4 is 17.0 Å². The van der Waals surface area contributed by atoms with Crippen LogP contribution in [0, 0.1) is 0 Å². The predicted molar refractivity (Wildman–Crippen MR) is 65.3 cm³/mol. The Balaban J connectivity index is 2.06. The number of anilines is 1. The molecule has 0 aromatic carbocycles. The highest BCUT2D eigenvalue weighted by molar-refractivity contribution is 5.76. The van der Waals surface area contributed by atoms with Gasteiger partial charge in [-0.3, -0.25) is 9.78 Å². The summed E-state index contributed by atoms with van der Waals surface area (Å²) in [6.07, 6.45) is -1.83. The Morgan fingerprint density at radius 3 is 3.10 bits per heavy atom. The zero-order valence-electron chi connectivity index (χ0n) is 10.2. The first-order valence-electron chi connectivity index (χ1n) is 5.92. The highest BCUT2D eigenvalue weighted by Gasteiger charge is 2.50. The molecule has 7 nitrogen and oxygen atoms in total. The summed E-state index contributed by atoms with van der Waals surface area (Å²) in [7, 11) is 0. The van der Waals surface area contributed by atoms with E-state index in [9.17, 15) is 13.6 Å². The number of ether oxygens (including phenoxy) is 1. The van der Waals surface area contributed by atoms with E-state index >= 15 is 0 Å². The zero-order valence-corrected chi connectivity index (χ0v) is 10.2. The lowest BCUT2D eigenvalue weighted by atomic mass is 10.2. The summed E-state index contributed by atoms with van der Waals surface area (Å²) in [5, 5.41) is 9.11. The van der Waals surface area contributed by atoms with E-state index in [0.717, 1.165) is 0 Å². The van der Waals surface area contributed by atoms with Crippen molar-refractivity contribution in [3.8, 4) is 0 Å². The van der Waals surface area contributed by atoms with E-state index in [1.807, 2.05) is 0 Å². The van der Waals surface area contributed by atoms with Crippen molar-refractivity contribution in [2.24, 2.45) is 0 Å². The van der Waals surface area contributed by atoms with Gasteiger partial charge in [0.05, 0.1) is 5.39 Å². The Labute approximate surface area is 111 Å². The largest absolute Gasteiger partial charge is 0.390 e. The molecule has 1 saturated heterocycles. The van der Waals surface area contributed by atoms with Crippen LogP contribution in [0.3, 0.4) is 0 Å². The minimum atomic E-state index is -2.74. The second-order valence-electron chi connectivity index (χ2n) is 4.63. The second kappa shape index (κ2) is 4.25. The molecule has 1 aliphatic rings. The van der Waals surface area contributed by atoms with E-state index in [-0.39, 0.29) is 23.4 Å². The van der Waals surface area contributed by atoms with Crippen molar-refractivity contribution in [1.82, 2.24) is 14.5 Å². The van der Waals surface area contributed by atoms with Crippen LogP contribution in [0.4, 0.5) is 14.7 Å². The van der Waals surface area contributed by atoms with Gasteiger partial charge in [-0.25, -0.2) is 8.78 Å². The number of aromatic nitrogens is 3. The Hall–Kier alpha value is -2.00. The fourth-order valence-electron chi connectivity index (χ4n) is 2.30. The normalized spacial score (nSPS) is 30.1. The number of halogens is 2. The number of nitrogens with two attached hydrogens (primary N) is 1. The molecule has 1 aliphatic heterocycles. The summed E-state index contributed by atoms with van der Waals surface area (Å²) in [5.41, 5.74) is 5.17. The van der Waals surface area contributed by atoms with E-state index in [0.29, 0.717) is 0 Å². The maximum absolute atomic E-state index is 13.9. The van der Waals surface area contributed by atoms with Crippen LogP contribution in [0.2, 0.25) is 0 Å². The standard InChI is InChI=1S/C11H12F2N4O3/c12-6-3-7(20-11(6,13)4-18)17-2-1-5-8(17)15-10(14)16-9(5)19/h1-2,6-7,18H,3-4H2,(H3,14,15,16,19)/t6-,7+,11+/m0/s1. The Morgan fingerprint density at radius 2 is 2.45 bits per heavy atom. The summed E-state index contributed by atoms with van der Waals surface area (Å²) >= 11 is 0. The molecule has 3 atom stereocenters. The van der Waals surface area contributed by atoms with Gasteiger partial charge in [0.2, 0.25) is 5.95 Å². The van der Waals surface area contributed by atoms with Crippen molar-refractivity contribution in [1.29, 1.82) is 0 Å². The van der Waals surface area contributed by atoms with Gasteiger partial charge in [0.15, 0.2) is 11.8 Å². The Morgan fingerprint density at radius 1 is 1.70 bits per heavy atom. The van der Waals surface area contributed by atoms with Crippen LogP contribution in [-0.2, 0) is 4.74 Å². The van der Waals surface area contributed by atoms with Gasteiger partial charge in [0.1, 0.15) is 12.8 Å². The van der Waals surface area contributed by atoms with Crippen LogP contribution < -0.4 is 11.3 Å². The number of nitrogens with zero attached hydrogens (tertiary/aromatic N) is 2. The van der Waals surface area contributed by atoms with E-state index in [1.165, 1.54) is 16.8 Å². The fourth-order valence-corrected chi connectivity index (χ4v) is 2.30. The number of nitrogens with one attached hydrogen (secondary N) is 1. The number of fused-ring (bicyclic) bond motifs is 1. The zero-order chi connectivity index (χ0) is 14.5. The van der Waals surface area contributed by atoms with Gasteiger partial charge in [0.25, 0.3) is 11.4 Å². The molecule has 0 saturated carbocycles. The Kier molecular flexibility index (Phi) is 2.76. The number of rotatable bonds is 2. The average Bonchev–Trinajstić information content (AvgIpc) is 2.92. The molecular formula is C11H12F2N4O3. The topological polar surface area (TPSA) is 106 Å². The van der Waals surface area contributed by atoms with Crippen LogP contribution in [-0.4, -0.2) is 38.3 Å². The predicted octanol–water partition coefficient (Wildman–Crippen LogP) is 0.222. The second-order valence-corrected chi connectivity index (χ2v) is 4.63. The lowest BCUT2D eigenvalue weighted by Crippen LogP contribution is -2.35. The highest BCUT2D eigenvalue weighted by Crippen LogP contribution is 2.40. The fraction of sp³-hybridized carbons (Fsp3) is 0.455. The summed E-state index contributed by atoms with van der Waals surface area (Å²) in [6.45, 7) is -1.08. The Bertz CT molecular complexity index is 715. The summed E-state index contributed by atoms with van der Waals surface area (Å²) in [5.74, 6) is -2.85. The molecule has 0 radical (unpaired) electrons. The maximum Gasteiger partial charge on any atom is 0.265 e. The summed E-state index contributed by atoms with van der Waals surface area (Å²) in [6, 6.07) is 1.45. The molecule has 3 rings (SSSR count). The van der Waals surface area contributed by atoms with Crippen LogP contribution in [0.1, 0.15) is 12.6 Å². The first-order chi connectivity index (χ1) is 9.44. The van der Waals surface area contributed by atoms with E-state index in [4.69, 9.17) is 15.6 Å². The molecule has 1 fully saturated rings. The third kappa shape index (κ3) is 1.78. The first kappa shape index (κ1) is 13.0. The van der Waals surface area contributed by atoms with Gasteiger partial charge < -0.3 is 20.1 Å². The van der Waals surface area contributed by atoms with Gasteiger partial charge in [-0.15, -0.1) is 0 Å². The maximum atomic E-state index is 13.9. The van der Waals surface area contributed by atoms with Gasteiger partial charge in [0, 0.05) is 12.6 Å². The molecule has 0 bridgehead atoms. The number of aliphatic hydroxyl groups is 1. The number of hydrogen-bond acceptors (Lipinski definition) is 5. The van der Waals surface area contributed by atoms with E-state index in [2.05, 4.69) is 9.97 Å². The quantitative estimate of drug-likeness (QED) is 0.732. The highest BCUT2D eigenvalue weighted by atomic mass is 19.2. The third-order valence-corrected chi connectivity index (χ3v) is 3.33. The molecular weight excluding hydrogens is 274 g/mol. The van der Waals surface area contributed by atoms with Crippen LogP contribution in [0.15, 0.2) is 17.1 Å². The molecule has 2 aromatic heterocycles. The summed E-state index contributed by atoms with van der Waals surface area (Å²) < 4.78 is 33.7. The monoisotopic (exact) mass is 286 g/mol. The van der Waals surface area contributed by atoms with Gasteiger partial charge in [-0.1, -0.05) is 0 Å². The molecule has 3 heterocycles. The van der Waals surface area contributed by atoms with Crippen molar-refractivity contribution in [3.63, 3.8) is 0 Å². The van der Waals surface area contributed by atoms with Gasteiger partial charge in [-0.05, 0) is 6.07 Å². The van der Waals surface area contributed by atoms with E-state index < -0.39 is 30.4 Å². The summed E-state index contributed by atoms with van der Waals surface area (Å²) in [4.78, 5) is 17.9. The molecule has 0 amide bonds. The molecule has 2 aromatic rings. The van der Waals surface area contributed by atoms with E-state index in [1.54, 1.807) is 0 Å². The molecule has 0 unspecified atom stereocenters. The van der Waals surface area contributed by atoms with Crippen molar-refractivity contribution < 1.29 is 18.6 Å². The number of aromatic amines is 1. The van der Waals surface area contributed by atoms with Crippen molar-refractivity contribution in [3.05, 3.63) is 22.6 Å². The number of H-pyrrole nitrogens is 1. The lowest BCUT2D eigenvalue weighted by molar-refractivity contribution is -0.194. The molecule has 108 valence electrons. The minimum Gasteiger partial charge on any atom is -0.390 e. The molecule has 0 aliphatic carbocycles. The van der Waals surface area contributed by atoms with Gasteiger partial charge >= 0.3 is 0 Å². The average molecular weight is 286 g/mol. The third-order valence-electron chi connectivity index (χ3n) is 3.33. The smallest absolute Gasteiger partial charge is 0.265 e. The SMILES string of the molecule is Nc1nc2c(ccn2[C@H]2C[C@H](F)[C@@](F)(CO)O2)c(=O)[nH]1. The number of alkyl halides is 2. The first-order valence-corrected chi connectivity index (χ1v) is 5.92. The van der Waals surface area contributed by atoms with Crippen LogP contribution in [0.25, 0.3) is 11.0 Å². The number of aliphatic hydroxyl groups excluding tert-OH is 1. The minimum absolute atomic E-state index is 0.106. The van der Waals surface area contributed by atoms with Crippen molar-refractivity contribution in [2.75, 3.05) is 12.3 Å². The number of nitrogen functional groups attached to an aromatic ring is 1. The molecule has 4 N–H and O–H groups in total. The number of hydrogen-bond donors (Lipinski definition) is 3. The lowest BCUT2D eigenvalue weighted by Gasteiger charge is -2.19. The molecule has 20 heavy (non-hydrogen) atoms. The van der Waals surface area contributed by atoms with Gasteiger partial charge in [-0.2, -0.15) is 4.98 Å².